The van der Waals surface area contributed by atoms with Gasteiger partial charge in [-0.3, -0.25) is 14.3 Å². The van der Waals surface area contributed by atoms with E-state index in [1.54, 1.807) is 16.7 Å². The molecule has 5 rings (SSSR count). The van der Waals surface area contributed by atoms with Crippen molar-refractivity contribution >= 4 is 11.8 Å². The highest BCUT2D eigenvalue weighted by Gasteiger charge is 2.41. The first-order chi connectivity index (χ1) is 19.1. The molecule has 10 heteroatoms. The number of rotatable bonds is 2. The number of likely N-dealkylation sites (tertiary alicyclic amines) is 1. The van der Waals surface area contributed by atoms with E-state index in [0.717, 1.165) is 56.3 Å². The van der Waals surface area contributed by atoms with E-state index in [9.17, 15) is 22.8 Å². The summed E-state index contributed by atoms with van der Waals surface area (Å²) in [7, 11) is 1.82. The highest BCUT2D eigenvalue weighted by Crippen LogP contribution is 2.39. The maximum atomic E-state index is 13.6. The van der Waals surface area contributed by atoms with Crippen molar-refractivity contribution in [3.8, 4) is 5.75 Å². The largest absolute Gasteiger partial charge is 0.481 e. The Balaban J connectivity index is 1.26. The molecule has 0 radical (unpaired) electrons. The molecular weight excluding hydrogens is 521 g/mol. The molecule has 2 aliphatic heterocycles. The molecule has 7 nitrogen and oxygen atoms in total. The lowest BCUT2D eigenvalue weighted by Gasteiger charge is -2.44. The van der Waals surface area contributed by atoms with Crippen molar-refractivity contribution in [2.24, 2.45) is 5.41 Å². The van der Waals surface area contributed by atoms with Gasteiger partial charge in [-0.1, -0.05) is 24.6 Å². The predicted octanol–water partition coefficient (Wildman–Crippen LogP) is 5.04. The van der Waals surface area contributed by atoms with Crippen LogP contribution in [-0.4, -0.2) is 64.2 Å². The Kier molecular flexibility index (Phi) is 8.15. The van der Waals surface area contributed by atoms with Crippen LogP contribution in [0.2, 0.25) is 0 Å². The summed E-state index contributed by atoms with van der Waals surface area (Å²) >= 11 is 0. The van der Waals surface area contributed by atoms with Crippen molar-refractivity contribution in [3.05, 3.63) is 46.8 Å². The molecular formula is C30H39F3N4O3. The fourth-order valence-corrected chi connectivity index (χ4v) is 6.75. The average molecular weight is 561 g/mol. The molecule has 3 aliphatic rings. The van der Waals surface area contributed by atoms with Gasteiger partial charge in [0.2, 0.25) is 5.91 Å². The Labute approximate surface area is 233 Å². The number of carbonyl (C=O) groups is 2. The van der Waals surface area contributed by atoms with Crippen molar-refractivity contribution in [1.82, 2.24) is 19.6 Å². The lowest BCUT2D eigenvalue weighted by atomic mass is 9.73. The van der Waals surface area contributed by atoms with Gasteiger partial charge in [0.1, 0.15) is 12.3 Å². The molecule has 1 aliphatic carbocycles. The number of para-hydroxylation sites is 1. The van der Waals surface area contributed by atoms with Crippen molar-refractivity contribution in [2.45, 2.75) is 90.0 Å². The van der Waals surface area contributed by atoms with Crippen LogP contribution in [0.25, 0.3) is 0 Å². The van der Waals surface area contributed by atoms with E-state index in [1.165, 1.54) is 4.68 Å². The number of aryl methyl sites for hydroxylation is 1. The van der Waals surface area contributed by atoms with Gasteiger partial charge in [-0.2, -0.15) is 18.3 Å². The number of alkyl halides is 3. The number of piperidine rings is 1. The molecule has 1 aromatic heterocycles. The van der Waals surface area contributed by atoms with Gasteiger partial charge < -0.3 is 14.5 Å². The molecule has 218 valence electrons. The van der Waals surface area contributed by atoms with Crippen LogP contribution in [0, 0.1) is 5.41 Å². The lowest BCUT2D eigenvalue weighted by Crippen LogP contribution is -2.50. The van der Waals surface area contributed by atoms with E-state index >= 15 is 0 Å². The Morgan fingerprint density at radius 1 is 1.05 bits per heavy atom. The third kappa shape index (κ3) is 6.00. The number of halogens is 3. The first kappa shape index (κ1) is 28.5. The van der Waals surface area contributed by atoms with Gasteiger partial charge >= 0.3 is 6.18 Å². The summed E-state index contributed by atoms with van der Waals surface area (Å²) in [4.78, 5) is 30.0. The van der Waals surface area contributed by atoms with Crippen molar-refractivity contribution in [3.63, 3.8) is 0 Å². The van der Waals surface area contributed by atoms with Gasteiger partial charge in [-0.25, -0.2) is 0 Å². The topological polar surface area (TPSA) is 67.7 Å². The van der Waals surface area contributed by atoms with Gasteiger partial charge in [-0.05, 0) is 81.8 Å². The molecule has 0 bridgehead atoms. The molecule has 1 aromatic carbocycles. The molecule has 2 aromatic rings. The van der Waals surface area contributed by atoms with E-state index in [2.05, 4.69) is 11.2 Å². The number of likely N-dealkylation sites (N-methyl/N-ethyl adjacent to an activating group) is 1. The molecule has 40 heavy (non-hydrogen) atoms. The Bertz CT molecular complexity index is 1230. The van der Waals surface area contributed by atoms with Crippen LogP contribution >= 0.6 is 0 Å². The molecule has 1 spiro atoms. The molecule has 3 heterocycles. The molecule has 0 N–H and O–H groups in total. The van der Waals surface area contributed by atoms with Crippen LogP contribution in [0.3, 0.4) is 0 Å². The van der Waals surface area contributed by atoms with Gasteiger partial charge in [0.05, 0.1) is 0 Å². The molecule has 0 saturated carbocycles. The maximum absolute atomic E-state index is 13.6. The molecule has 2 amide bonds. The van der Waals surface area contributed by atoms with Crippen molar-refractivity contribution in [2.75, 3.05) is 26.7 Å². The number of aromatic nitrogens is 2. The number of carbonyl (C=O) groups excluding carboxylic acids is 2. The fraction of sp³-hybridized carbons (Fsp3) is 0.633. The second-order valence-corrected chi connectivity index (χ2v) is 11.8. The number of nitrogens with zero attached hydrogens (tertiary/aromatic N) is 4. The van der Waals surface area contributed by atoms with Crippen LogP contribution in [0.1, 0.15) is 74.4 Å². The zero-order chi connectivity index (χ0) is 28.5. The number of hydrogen-bond donors (Lipinski definition) is 0. The third-order valence-corrected chi connectivity index (χ3v) is 8.96. The predicted molar refractivity (Wildman–Crippen MR) is 144 cm³/mol. The highest BCUT2D eigenvalue weighted by molar-refractivity contribution is 5.80. The standard InChI is InChI=1S/C30H39F3N4O3/c1-21-28(39)35(2)20-29(14-8-7-10-22-9-3-6-13-25(22)40-21)15-17-36(18-16-29)26(38)19-37-24-12-5-4-11-23(24)27(34-37)30(31,32)33/h3,6,9,13,21H,4-5,7-8,10-12,14-20H2,1-2H3/t21-/m1/s1. The summed E-state index contributed by atoms with van der Waals surface area (Å²) in [5.74, 6) is 0.493. The summed E-state index contributed by atoms with van der Waals surface area (Å²) < 4.78 is 48.2. The van der Waals surface area contributed by atoms with Crippen LogP contribution in [0.15, 0.2) is 24.3 Å². The van der Waals surface area contributed by atoms with Crippen molar-refractivity contribution in [1.29, 1.82) is 0 Å². The molecule has 1 saturated heterocycles. The zero-order valence-electron chi connectivity index (χ0n) is 23.4. The minimum absolute atomic E-state index is 0.0721. The third-order valence-electron chi connectivity index (χ3n) is 8.96. The maximum Gasteiger partial charge on any atom is 0.435 e. The molecule has 1 atom stereocenters. The normalized spacial score (nSPS) is 22.1. The average Bonchev–Trinajstić information content (AvgIpc) is 3.30. The first-order valence-corrected chi connectivity index (χ1v) is 14.5. The SMILES string of the molecule is C[C@H]1Oc2ccccc2CCCCC2(CCN(C(=O)Cn3nc(C(F)(F)F)c4c3CCCC4)CC2)CN(C)C1=O. The van der Waals surface area contributed by atoms with E-state index in [-0.39, 0.29) is 29.3 Å². The minimum atomic E-state index is -4.52. The second-order valence-electron chi connectivity index (χ2n) is 11.8. The Hall–Kier alpha value is -3.04. The second kappa shape index (κ2) is 11.4. The van der Waals surface area contributed by atoms with Crippen LogP contribution in [0.4, 0.5) is 13.2 Å². The van der Waals surface area contributed by atoms with E-state index in [0.29, 0.717) is 44.6 Å². The molecule has 1 fully saturated rings. The summed E-state index contributed by atoms with van der Waals surface area (Å²) in [6, 6.07) is 7.88. The smallest absolute Gasteiger partial charge is 0.435 e. The summed E-state index contributed by atoms with van der Waals surface area (Å²) in [6.07, 6.45) is 2.57. The number of hydrogen-bond acceptors (Lipinski definition) is 4. The van der Waals surface area contributed by atoms with E-state index in [4.69, 9.17) is 4.74 Å². The van der Waals surface area contributed by atoms with Gasteiger partial charge in [0.25, 0.3) is 5.91 Å². The summed E-state index contributed by atoms with van der Waals surface area (Å²) in [5, 5.41) is 3.87. The first-order valence-electron chi connectivity index (χ1n) is 14.5. The van der Waals surface area contributed by atoms with Crippen LogP contribution in [-0.2, 0) is 41.6 Å². The minimum Gasteiger partial charge on any atom is -0.481 e. The monoisotopic (exact) mass is 560 g/mol. The summed E-state index contributed by atoms with van der Waals surface area (Å²) in [5.41, 5.74) is 0.959. The summed E-state index contributed by atoms with van der Waals surface area (Å²) in [6.45, 7) is 3.24. The Morgan fingerprint density at radius 3 is 2.50 bits per heavy atom. The van der Waals surface area contributed by atoms with Crippen molar-refractivity contribution < 1.29 is 27.5 Å². The quantitative estimate of drug-likeness (QED) is 0.516. The fourth-order valence-electron chi connectivity index (χ4n) is 6.75. The number of amides is 2. The van der Waals surface area contributed by atoms with Crippen LogP contribution < -0.4 is 4.74 Å². The van der Waals surface area contributed by atoms with E-state index < -0.39 is 18.0 Å². The molecule has 0 unspecified atom stereocenters. The number of ether oxygens (including phenoxy) is 1. The van der Waals surface area contributed by atoms with Gasteiger partial charge in [-0.15, -0.1) is 0 Å². The highest BCUT2D eigenvalue weighted by atomic mass is 19.4. The number of fused-ring (bicyclic) bond motifs is 2. The number of benzene rings is 1. The zero-order valence-corrected chi connectivity index (χ0v) is 23.4. The van der Waals surface area contributed by atoms with Gasteiger partial charge in [0.15, 0.2) is 11.8 Å². The van der Waals surface area contributed by atoms with Gasteiger partial charge in [0, 0.05) is 37.9 Å². The lowest BCUT2D eigenvalue weighted by molar-refractivity contribution is -0.143. The van der Waals surface area contributed by atoms with Crippen LogP contribution in [0.5, 0.6) is 5.75 Å². The Morgan fingerprint density at radius 2 is 1.75 bits per heavy atom. The van der Waals surface area contributed by atoms with E-state index in [1.807, 2.05) is 25.2 Å².